The lowest BCUT2D eigenvalue weighted by Gasteiger charge is -2.15. The lowest BCUT2D eigenvalue weighted by molar-refractivity contribution is -0.146. The maximum absolute atomic E-state index is 10.9. The van der Waals surface area contributed by atoms with Crippen LogP contribution >= 0.6 is 11.3 Å². The van der Waals surface area contributed by atoms with Crippen molar-refractivity contribution in [3.05, 3.63) is 11.1 Å². The fourth-order valence-corrected chi connectivity index (χ4v) is 1.53. The number of carbonyl (C=O) groups is 1. The zero-order chi connectivity index (χ0) is 12.3. The number of anilines is 1. The summed E-state index contributed by atoms with van der Waals surface area (Å²) in [5.74, 6) is -0.859. The average Bonchev–Trinajstić information content (AvgIpc) is 2.61. The number of carboxylic acids is 1. The van der Waals surface area contributed by atoms with Crippen molar-refractivity contribution in [3.63, 3.8) is 0 Å². The molecule has 16 heavy (non-hydrogen) atoms. The molecule has 0 aliphatic rings. The van der Waals surface area contributed by atoms with Crippen molar-refractivity contribution in [1.82, 2.24) is 4.98 Å². The molecule has 0 bridgehead atoms. The quantitative estimate of drug-likeness (QED) is 0.784. The third-order valence-corrected chi connectivity index (χ3v) is 2.86. The van der Waals surface area contributed by atoms with Crippen LogP contribution in [-0.4, -0.2) is 28.3 Å². The first kappa shape index (κ1) is 12.6. The third-order valence-electron chi connectivity index (χ3n) is 2.18. The van der Waals surface area contributed by atoms with Gasteiger partial charge in [0.25, 0.3) is 0 Å². The predicted octanol–water partition coefficient (Wildman–Crippen LogP) is 1.65. The van der Waals surface area contributed by atoms with Gasteiger partial charge in [0.1, 0.15) is 0 Å². The van der Waals surface area contributed by atoms with Crippen molar-refractivity contribution in [2.45, 2.75) is 20.8 Å². The van der Waals surface area contributed by atoms with Crippen LogP contribution in [0.25, 0.3) is 0 Å². The minimum atomic E-state index is -0.859. The molecule has 1 aromatic heterocycles. The first-order chi connectivity index (χ1) is 7.33. The summed E-state index contributed by atoms with van der Waals surface area (Å²) < 4.78 is 0. The lowest BCUT2D eigenvalue weighted by Crippen LogP contribution is -2.27. The monoisotopic (exact) mass is 241 g/mol. The Morgan fingerprint density at radius 1 is 1.69 bits per heavy atom. The molecule has 0 fully saturated rings. The lowest BCUT2D eigenvalue weighted by atomic mass is 9.94. The van der Waals surface area contributed by atoms with E-state index >= 15 is 0 Å². The zero-order valence-electron chi connectivity index (χ0n) is 9.52. The molecular weight excluding hydrogens is 226 g/mol. The molecule has 0 atom stereocenters. The van der Waals surface area contributed by atoms with Gasteiger partial charge in [-0.05, 0) is 20.8 Å². The van der Waals surface area contributed by atoms with Crippen LogP contribution in [0.5, 0.6) is 0 Å². The molecule has 0 unspecified atom stereocenters. The number of aliphatic imine (C=N–C) groups is 1. The van der Waals surface area contributed by atoms with Crippen LogP contribution in [0.3, 0.4) is 0 Å². The zero-order valence-corrected chi connectivity index (χ0v) is 10.3. The number of aliphatic carboxylic acids is 1. The van der Waals surface area contributed by atoms with Gasteiger partial charge in [0.15, 0.2) is 5.13 Å². The van der Waals surface area contributed by atoms with Crippen LogP contribution < -0.4 is 5.73 Å². The largest absolute Gasteiger partial charge is 0.481 e. The molecule has 0 aromatic carbocycles. The predicted molar refractivity (Wildman–Crippen MR) is 65.0 cm³/mol. The molecule has 0 spiro atoms. The van der Waals surface area contributed by atoms with Crippen molar-refractivity contribution in [3.8, 4) is 0 Å². The highest BCUT2D eigenvalue weighted by Crippen LogP contribution is 2.17. The molecule has 0 saturated carbocycles. The van der Waals surface area contributed by atoms with E-state index in [9.17, 15) is 4.79 Å². The fraction of sp³-hybridized carbons (Fsp3) is 0.500. The molecule has 0 radical (unpaired) electrons. The molecule has 1 aromatic rings. The summed E-state index contributed by atoms with van der Waals surface area (Å²) in [6.07, 6.45) is 0. The normalized spacial score (nSPS) is 12.8. The number of rotatable bonds is 4. The molecule has 6 heteroatoms. The average molecular weight is 241 g/mol. The number of hydrogen-bond acceptors (Lipinski definition) is 5. The van der Waals surface area contributed by atoms with Crippen molar-refractivity contribution < 1.29 is 9.90 Å². The van der Waals surface area contributed by atoms with E-state index in [1.165, 1.54) is 11.3 Å². The third kappa shape index (κ3) is 3.03. The molecule has 3 N–H and O–H groups in total. The van der Waals surface area contributed by atoms with Gasteiger partial charge in [-0.15, -0.1) is 11.3 Å². The molecule has 0 aliphatic carbocycles. The first-order valence-electron chi connectivity index (χ1n) is 4.79. The topological polar surface area (TPSA) is 88.6 Å². The minimum absolute atomic E-state index is 0.228. The number of nitrogens with zero attached hydrogens (tertiary/aromatic N) is 2. The minimum Gasteiger partial charge on any atom is -0.481 e. The fourth-order valence-electron chi connectivity index (χ4n) is 0.919. The summed E-state index contributed by atoms with van der Waals surface area (Å²) >= 11 is 1.34. The van der Waals surface area contributed by atoms with Crippen LogP contribution in [0.15, 0.2) is 10.4 Å². The van der Waals surface area contributed by atoms with Crippen LogP contribution in [0.4, 0.5) is 5.13 Å². The SMILES string of the molecule is C/C(=N\CC(C)(C)C(=O)O)c1csc(N)n1. The Kier molecular flexibility index (Phi) is 3.64. The van der Waals surface area contributed by atoms with Crippen LogP contribution in [0.2, 0.25) is 0 Å². The Morgan fingerprint density at radius 2 is 2.31 bits per heavy atom. The highest BCUT2D eigenvalue weighted by molar-refractivity contribution is 7.13. The molecule has 1 rings (SSSR count). The number of thiazole rings is 1. The molecule has 5 nitrogen and oxygen atoms in total. The molecule has 0 aliphatic heterocycles. The Morgan fingerprint density at radius 3 is 2.75 bits per heavy atom. The Labute approximate surface area is 98.0 Å². The number of nitrogens with two attached hydrogens (primary N) is 1. The summed E-state index contributed by atoms with van der Waals surface area (Å²) in [7, 11) is 0. The molecule has 88 valence electrons. The second-order valence-corrected chi connectivity index (χ2v) is 5.05. The molecular formula is C10H15N3O2S. The van der Waals surface area contributed by atoms with E-state index in [-0.39, 0.29) is 6.54 Å². The summed E-state index contributed by atoms with van der Waals surface area (Å²) in [5, 5.41) is 11.2. The second kappa shape index (κ2) is 4.61. The van der Waals surface area contributed by atoms with Gasteiger partial charge in [0.05, 0.1) is 23.4 Å². The highest BCUT2D eigenvalue weighted by Gasteiger charge is 2.26. The smallest absolute Gasteiger partial charge is 0.310 e. The van der Waals surface area contributed by atoms with E-state index in [0.717, 1.165) is 0 Å². The highest BCUT2D eigenvalue weighted by atomic mass is 32.1. The number of nitrogen functional groups attached to an aromatic ring is 1. The Bertz CT molecular complexity index is 423. The van der Waals surface area contributed by atoms with E-state index in [1.807, 2.05) is 5.38 Å². The van der Waals surface area contributed by atoms with Gasteiger partial charge in [0.2, 0.25) is 0 Å². The molecule has 0 saturated heterocycles. The van der Waals surface area contributed by atoms with E-state index in [4.69, 9.17) is 10.8 Å². The second-order valence-electron chi connectivity index (χ2n) is 4.16. The van der Waals surface area contributed by atoms with Crippen LogP contribution in [-0.2, 0) is 4.79 Å². The summed E-state index contributed by atoms with van der Waals surface area (Å²) in [6, 6.07) is 0. The first-order valence-corrected chi connectivity index (χ1v) is 5.67. The van der Waals surface area contributed by atoms with E-state index in [2.05, 4.69) is 9.98 Å². The van der Waals surface area contributed by atoms with Gasteiger partial charge in [0, 0.05) is 5.38 Å². The van der Waals surface area contributed by atoms with Crippen molar-refractivity contribution in [1.29, 1.82) is 0 Å². The maximum Gasteiger partial charge on any atom is 0.310 e. The van der Waals surface area contributed by atoms with E-state index in [0.29, 0.717) is 16.5 Å². The molecule has 0 amide bonds. The van der Waals surface area contributed by atoms with Gasteiger partial charge in [-0.25, -0.2) is 4.98 Å². The van der Waals surface area contributed by atoms with Gasteiger partial charge >= 0.3 is 5.97 Å². The van der Waals surface area contributed by atoms with Crippen molar-refractivity contribution >= 4 is 28.1 Å². The van der Waals surface area contributed by atoms with Gasteiger partial charge in [-0.1, -0.05) is 0 Å². The van der Waals surface area contributed by atoms with E-state index < -0.39 is 11.4 Å². The van der Waals surface area contributed by atoms with Crippen LogP contribution in [0.1, 0.15) is 26.5 Å². The molecule has 1 heterocycles. The van der Waals surface area contributed by atoms with Crippen molar-refractivity contribution in [2.24, 2.45) is 10.4 Å². The standard InChI is InChI=1S/C10H15N3O2S/c1-6(7-4-16-9(11)13-7)12-5-10(2,3)8(14)15/h4H,5H2,1-3H3,(H2,11,13)(H,14,15)/b12-6+. The Balaban J connectivity index is 2.75. The maximum atomic E-state index is 10.9. The van der Waals surface area contributed by atoms with Crippen molar-refractivity contribution in [2.75, 3.05) is 12.3 Å². The number of aromatic nitrogens is 1. The van der Waals surface area contributed by atoms with Gasteiger partial charge in [-0.3, -0.25) is 9.79 Å². The van der Waals surface area contributed by atoms with E-state index in [1.54, 1.807) is 20.8 Å². The number of hydrogen-bond donors (Lipinski definition) is 2. The summed E-state index contributed by atoms with van der Waals surface area (Å²) in [6.45, 7) is 5.31. The summed E-state index contributed by atoms with van der Waals surface area (Å²) in [5.41, 5.74) is 6.07. The van der Waals surface area contributed by atoms with Gasteiger partial charge in [-0.2, -0.15) is 0 Å². The van der Waals surface area contributed by atoms with Crippen LogP contribution in [0, 0.1) is 5.41 Å². The Hall–Kier alpha value is -1.43. The summed E-state index contributed by atoms with van der Waals surface area (Å²) in [4.78, 5) is 19.2. The number of carboxylic acid groups (broad SMARTS) is 1. The van der Waals surface area contributed by atoms with Gasteiger partial charge < -0.3 is 10.8 Å².